The first kappa shape index (κ1) is 24.8. The summed E-state index contributed by atoms with van der Waals surface area (Å²) in [6.07, 6.45) is 0.295. The van der Waals surface area contributed by atoms with E-state index in [1.807, 2.05) is 0 Å². The van der Waals surface area contributed by atoms with E-state index in [1.54, 1.807) is 0 Å². The number of amides is 1. The van der Waals surface area contributed by atoms with Crippen LogP contribution in [0.25, 0.3) is 0 Å². The lowest BCUT2D eigenvalue weighted by Gasteiger charge is -2.37. The van der Waals surface area contributed by atoms with Crippen LogP contribution in [0, 0.1) is 23.0 Å². The van der Waals surface area contributed by atoms with Crippen molar-refractivity contribution in [3.05, 3.63) is 34.4 Å². The second-order valence-corrected chi connectivity index (χ2v) is 12.2. The van der Waals surface area contributed by atoms with Gasteiger partial charge in [-0.2, -0.15) is 0 Å². The van der Waals surface area contributed by atoms with Crippen LogP contribution < -0.4 is 10.0 Å². The zero-order chi connectivity index (χ0) is 24.2. The molecule has 4 atom stereocenters. The molecule has 4 rings (SSSR count). The summed E-state index contributed by atoms with van der Waals surface area (Å²) < 4.78 is 71.0. The lowest BCUT2D eigenvalue weighted by Crippen LogP contribution is -2.43. The molecule has 3 saturated carbocycles. The van der Waals surface area contributed by atoms with Crippen molar-refractivity contribution in [1.82, 2.24) is 10.0 Å². The first-order valence-corrected chi connectivity index (χ1v) is 13.2. The molecule has 1 aromatic rings. The summed E-state index contributed by atoms with van der Waals surface area (Å²) in [5.74, 6) is -3.37. The number of hydrogen-bond acceptors (Lipinski definition) is 4. The van der Waals surface area contributed by atoms with Gasteiger partial charge in [0.2, 0.25) is 15.9 Å². The third-order valence-electron chi connectivity index (χ3n) is 7.69. The molecule has 2 bridgehead atoms. The van der Waals surface area contributed by atoms with Gasteiger partial charge < -0.3 is 10.4 Å². The van der Waals surface area contributed by atoms with Gasteiger partial charge in [-0.15, -0.1) is 0 Å². The van der Waals surface area contributed by atoms with Crippen LogP contribution in [0.15, 0.2) is 12.1 Å². The molecule has 11 heteroatoms. The number of carbonyl (C=O) groups excluding carboxylic acids is 1. The molecule has 1 amide bonds. The van der Waals surface area contributed by atoms with Crippen LogP contribution >= 0.6 is 11.6 Å². The van der Waals surface area contributed by atoms with Gasteiger partial charge in [0, 0.05) is 17.5 Å². The highest BCUT2D eigenvalue weighted by Crippen LogP contribution is 2.63. The second-order valence-electron chi connectivity index (χ2n) is 9.75. The first-order chi connectivity index (χ1) is 15.4. The predicted molar refractivity (Wildman–Crippen MR) is 117 cm³/mol. The van der Waals surface area contributed by atoms with Gasteiger partial charge in [0.05, 0.1) is 22.9 Å². The van der Waals surface area contributed by atoms with Crippen LogP contribution in [-0.4, -0.2) is 43.0 Å². The van der Waals surface area contributed by atoms with E-state index in [1.165, 1.54) is 6.92 Å². The quantitative estimate of drug-likeness (QED) is 0.491. The van der Waals surface area contributed by atoms with Crippen LogP contribution in [0.2, 0.25) is 5.02 Å². The molecule has 6 nitrogen and oxygen atoms in total. The molecule has 3 aliphatic carbocycles. The van der Waals surface area contributed by atoms with Crippen LogP contribution in [0.3, 0.4) is 0 Å². The third-order valence-corrected chi connectivity index (χ3v) is 9.40. The van der Waals surface area contributed by atoms with E-state index in [0.717, 1.165) is 12.1 Å². The minimum Gasteiger partial charge on any atom is -0.391 e. The van der Waals surface area contributed by atoms with Crippen molar-refractivity contribution in [2.75, 3.05) is 5.75 Å². The molecule has 0 unspecified atom stereocenters. The van der Waals surface area contributed by atoms with E-state index in [2.05, 4.69) is 10.0 Å². The van der Waals surface area contributed by atoms with Crippen LogP contribution in [-0.2, 0) is 14.8 Å². The number of rotatable bonds is 7. The number of halogens is 4. The number of fused-ring (bicyclic) bond motifs is 2. The van der Waals surface area contributed by atoms with Crippen molar-refractivity contribution >= 4 is 27.5 Å². The normalized spacial score (nSPS) is 34.5. The lowest BCUT2D eigenvalue weighted by atomic mass is 9.74. The van der Waals surface area contributed by atoms with Crippen molar-refractivity contribution in [2.45, 2.75) is 75.7 Å². The van der Waals surface area contributed by atoms with E-state index in [-0.39, 0.29) is 48.4 Å². The molecule has 0 aliphatic heterocycles. The molecule has 3 N–H and O–H groups in total. The Labute approximate surface area is 196 Å². The minimum atomic E-state index is -3.59. The number of carbonyl (C=O) groups is 1. The SMILES string of the molecule is CCS(=O)(=O)N[C@@H]1C[C@H](C(=O)N[C@H](c2c(F)ccc(Cl)c2F)C23CCC(F)(CC2)C3)C[C@@H]1O. The Bertz CT molecular complexity index is 1050. The van der Waals surface area contributed by atoms with Crippen molar-refractivity contribution < 1.29 is 31.5 Å². The Morgan fingerprint density at radius 2 is 1.91 bits per heavy atom. The maximum atomic E-state index is 15.0. The molecule has 184 valence electrons. The standard InChI is InChI=1S/C22H28ClF3N2O4S/c1-2-33(31,32)28-15-9-12(10-16(15)29)20(30)27-19(17-14(24)4-3-13(23)18(17)25)21-5-7-22(26,11-21)8-6-21/h3-4,12,15-16,19,28-29H,2,5-11H2,1H3,(H,27,30)/t12-,15+,16-,19+,21?,22?/m0/s1. The highest BCUT2D eigenvalue weighted by atomic mass is 35.5. The summed E-state index contributed by atoms with van der Waals surface area (Å²) in [6.45, 7) is 1.46. The Balaban J connectivity index is 1.61. The van der Waals surface area contributed by atoms with E-state index >= 15 is 4.39 Å². The summed E-state index contributed by atoms with van der Waals surface area (Å²) in [5, 5.41) is 12.7. The van der Waals surface area contributed by atoms with E-state index in [9.17, 15) is 27.1 Å². The largest absolute Gasteiger partial charge is 0.391 e. The van der Waals surface area contributed by atoms with Crippen molar-refractivity contribution in [1.29, 1.82) is 0 Å². The molecule has 0 aromatic heterocycles. The number of aliphatic hydroxyl groups is 1. The van der Waals surface area contributed by atoms with E-state index < -0.39 is 62.8 Å². The zero-order valence-electron chi connectivity index (χ0n) is 18.2. The number of sulfonamides is 1. The number of aliphatic hydroxyl groups excluding tert-OH is 1. The first-order valence-electron chi connectivity index (χ1n) is 11.2. The van der Waals surface area contributed by atoms with Gasteiger partial charge in [-0.05, 0) is 69.4 Å². The highest BCUT2D eigenvalue weighted by Gasteiger charge is 2.59. The third kappa shape index (κ3) is 4.63. The van der Waals surface area contributed by atoms with Crippen LogP contribution in [0.5, 0.6) is 0 Å². The molecule has 1 aromatic carbocycles. The Morgan fingerprint density at radius 1 is 1.24 bits per heavy atom. The summed E-state index contributed by atoms with van der Waals surface area (Å²) in [6, 6.07) is 0.149. The van der Waals surface area contributed by atoms with Gasteiger partial charge >= 0.3 is 0 Å². The Morgan fingerprint density at radius 3 is 2.48 bits per heavy atom. The Hall–Kier alpha value is -1.36. The van der Waals surface area contributed by atoms with Crippen molar-refractivity contribution in [3.63, 3.8) is 0 Å². The van der Waals surface area contributed by atoms with Gasteiger partial charge in [-0.3, -0.25) is 4.79 Å². The fourth-order valence-corrected chi connectivity index (χ4v) is 6.89. The zero-order valence-corrected chi connectivity index (χ0v) is 19.8. The van der Waals surface area contributed by atoms with Gasteiger partial charge in [0.1, 0.15) is 17.3 Å². The van der Waals surface area contributed by atoms with Gasteiger partial charge in [0.25, 0.3) is 0 Å². The Kier molecular flexibility index (Phi) is 6.52. The highest BCUT2D eigenvalue weighted by molar-refractivity contribution is 7.89. The van der Waals surface area contributed by atoms with E-state index in [4.69, 9.17) is 11.6 Å². The molecule has 0 radical (unpaired) electrons. The average Bonchev–Trinajstić information content (AvgIpc) is 3.41. The van der Waals surface area contributed by atoms with E-state index in [0.29, 0.717) is 12.8 Å². The van der Waals surface area contributed by atoms with Crippen molar-refractivity contribution in [3.8, 4) is 0 Å². The molecule has 3 aliphatic rings. The summed E-state index contributed by atoms with van der Waals surface area (Å²) in [7, 11) is -3.59. The number of nitrogens with one attached hydrogen (secondary N) is 2. The summed E-state index contributed by atoms with van der Waals surface area (Å²) in [5.41, 5.74) is -2.65. The average molecular weight is 509 g/mol. The number of hydrogen-bond donors (Lipinski definition) is 3. The fourth-order valence-electron chi connectivity index (χ4n) is 5.84. The molecule has 33 heavy (non-hydrogen) atoms. The number of alkyl halides is 1. The second kappa shape index (κ2) is 8.70. The summed E-state index contributed by atoms with van der Waals surface area (Å²) in [4.78, 5) is 13.2. The van der Waals surface area contributed by atoms with Crippen LogP contribution in [0.1, 0.15) is 63.5 Å². The lowest BCUT2D eigenvalue weighted by molar-refractivity contribution is -0.127. The molecular formula is C22H28ClF3N2O4S. The smallest absolute Gasteiger partial charge is 0.223 e. The monoisotopic (exact) mass is 508 g/mol. The van der Waals surface area contributed by atoms with Gasteiger partial charge in [-0.1, -0.05) is 11.6 Å². The molecule has 0 spiro atoms. The molecule has 0 saturated heterocycles. The van der Waals surface area contributed by atoms with Gasteiger partial charge in [-0.25, -0.2) is 26.3 Å². The van der Waals surface area contributed by atoms with Crippen LogP contribution in [0.4, 0.5) is 13.2 Å². The number of benzene rings is 1. The minimum absolute atomic E-state index is 0.00396. The maximum absolute atomic E-state index is 15.0. The fraction of sp³-hybridized carbons (Fsp3) is 0.682. The maximum Gasteiger partial charge on any atom is 0.223 e. The molecule has 3 fully saturated rings. The predicted octanol–water partition coefficient (Wildman–Crippen LogP) is 3.53. The molecule has 0 heterocycles. The molecular weight excluding hydrogens is 481 g/mol. The topological polar surface area (TPSA) is 95.5 Å². The summed E-state index contributed by atoms with van der Waals surface area (Å²) >= 11 is 5.91. The van der Waals surface area contributed by atoms with Crippen molar-refractivity contribution in [2.24, 2.45) is 11.3 Å². The van der Waals surface area contributed by atoms with Gasteiger partial charge in [0.15, 0.2) is 0 Å².